The van der Waals surface area contributed by atoms with Gasteiger partial charge in [-0.15, -0.1) is 0 Å². The molecule has 0 radical (unpaired) electrons. The summed E-state index contributed by atoms with van der Waals surface area (Å²) in [7, 11) is 0. The van der Waals surface area contributed by atoms with Crippen molar-refractivity contribution in [1.29, 1.82) is 0 Å². The lowest BCUT2D eigenvalue weighted by atomic mass is 10.2. The third-order valence-electron chi connectivity index (χ3n) is 2.23. The molecule has 0 spiro atoms. The summed E-state index contributed by atoms with van der Waals surface area (Å²) in [4.78, 5) is 12.1. The molecule has 0 bridgehead atoms. The van der Waals surface area contributed by atoms with Crippen LogP contribution in [0, 0.1) is 0 Å². The number of nitrogens with two attached hydrogens (primary N) is 1. The molecule has 19 heavy (non-hydrogen) atoms. The summed E-state index contributed by atoms with van der Waals surface area (Å²) < 4.78 is 10.9. The number of carbonyl (C=O) groups is 1. The zero-order chi connectivity index (χ0) is 14.3. The molecule has 0 unspecified atom stereocenters. The van der Waals surface area contributed by atoms with Crippen LogP contribution in [-0.2, 0) is 0 Å². The highest BCUT2D eigenvalue weighted by Crippen LogP contribution is 2.28. The number of ether oxygens (including phenoxy) is 2. The standard InChI is InChI=1S/C13H18N2O3S/c1-3-17-10-6-5-9(7-11(10)18-4-2)13(16)15-8-12(14)19/h5-7H,3-4,8H2,1-2H3,(H2,14,19)(H,15,16). The highest BCUT2D eigenvalue weighted by atomic mass is 32.1. The molecule has 104 valence electrons. The lowest BCUT2D eigenvalue weighted by Gasteiger charge is -2.12. The van der Waals surface area contributed by atoms with Gasteiger partial charge in [-0.2, -0.15) is 0 Å². The summed E-state index contributed by atoms with van der Waals surface area (Å²) >= 11 is 4.70. The Morgan fingerprint density at radius 1 is 1.26 bits per heavy atom. The van der Waals surface area contributed by atoms with Gasteiger partial charge in [-0.1, -0.05) is 12.2 Å². The predicted octanol–water partition coefficient (Wildman–Crippen LogP) is 1.50. The smallest absolute Gasteiger partial charge is 0.251 e. The van der Waals surface area contributed by atoms with Gasteiger partial charge in [0.2, 0.25) is 0 Å². The Balaban J connectivity index is 2.87. The number of thiocarbonyl (C=S) groups is 1. The van der Waals surface area contributed by atoms with Crippen molar-refractivity contribution in [3.8, 4) is 11.5 Å². The Morgan fingerprint density at radius 3 is 2.47 bits per heavy atom. The molecule has 1 aromatic rings. The van der Waals surface area contributed by atoms with Gasteiger partial charge in [0.1, 0.15) is 0 Å². The second-order valence-electron chi connectivity index (χ2n) is 3.68. The van der Waals surface area contributed by atoms with E-state index in [1.54, 1.807) is 18.2 Å². The summed E-state index contributed by atoms with van der Waals surface area (Å²) in [6.07, 6.45) is 0. The van der Waals surface area contributed by atoms with Crippen LogP contribution in [0.1, 0.15) is 24.2 Å². The van der Waals surface area contributed by atoms with Crippen molar-refractivity contribution in [3.05, 3.63) is 23.8 Å². The van der Waals surface area contributed by atoms with Crippen LogP contribution in [0.3, 0.4) is 0 Å². The van der Waals surface area contributed by atoms with Crippen molar-refractivity contribution >= 4 is 23.1 Å². The van der Waals surface area contributed by atoms with Gasteiger partial charge in [-0.25, -0.2) is 0 Å². The van der Waals surface area contributed by atoms with E-state index in [1.165, 1.54) is 0 Å². The van der Waals surface area contributed by atoms with Gasteiger partial charge in [-0.3, -0.25) is 4.79 Å². The second-order valence-corrected chi connectivity index (χ2v) is 4.20. The van der Waals surface area contributed by atoms with Crippen molar-refractivity contribution in [3.63, 3.8) is 0 Å². The largest absolute Gasteiger partial charge is 0.490 e. The minimum atomic E-state index is -0.253. The lowest BCUT2D eigenvalue weighted by molar-refractivity contribution is 0.0959. The average molecular weight is 282 g/mol. The second kappa shape index (κ2) is 7.58. The molecule has 0 aliphatic carbocycles. The highest BCUT2D eigenvalue weighted by molar-refractivity contribution is 7.80. The Hall–Kier alpha value is -1.82. The minimum Gasteiger partial charge on any atom is -0.490 e. The van der Waals surface area contributed by atoms with E-state index < -0.39 is 0 Å². The normalized spacial score (nSPS) is 9.79. The van der Waals surface area contributed by atoms with Crippen LogP contribution >= 0.6 is 12.2 Å². The lowest BCUT2D eigenvalue weighted by Crippen LogP contribution is -2.32. The van der Waals surface area contributed by atoms with E-state index in [9.17, 15) is 4.79 Å². The monoisotopic (exact) mass is 282 g/mol. The minimum absolute atomic E-state index is 0.172. The first kappa shape index (κ1) is 15.2. The van der Waals surface area contributed by atoms with Gasteiger partial charge < -0.3 is 20.5 Å². The van der Waals surface area contributed by atoms with Crippen molar-refractivity contribution in [2.45, 2.75) is 13.8 Å². The molecule has 0 aliphatic rings. The number of hydrogen-bond donors (Lipinski definition) is 2. The van der Waals surface area contributed by atoms with E-state index in [4.69, 9.17) is 27.4 Å². The molecule has 1 amide bonds. The van der Waals surface area contributed by atoms with Crippen molar-refractivity contribution in [2.75, 3.05) is 19.8 Å². The van der Waals surface area contributed by atoms with Crippen molar-refractivity contribution in [1.82, 2.24) is 5.32 Å². The number of rotatable bonds is 7. The van der Waals surface area contributed by atoms with Crippen molar-refractivity contribution < 1.29 is 14.3 Å². The van der Waals surface area contributed by atoms with Crippen LogP contribution in [0.5, 0.6) is 11.5 Å². The molecular formula is C13H18N2O3S. The molecule has 3 N–H and O–H groups in total. The van der Waals surface area contributed by atoms with Crippen LogP contribution in [0.4, 0.5) is 0 Å². The highest BCUT2D eigenvalue weighted by Gasteiger charge is 2.11. The van der Waals surface area contributed by atoms with E-state index >= 15 is 0 Å². The molecule has 0 atom stereocenters. The quantitative estimate of drug-likeness (QED) is 0.741. The molecule has 1 aromatic carbocycles. The van der Waals surface area contributed by atoms with Gasteiger partial charge in [0.25, 0.3) is 5.91 Å². The number of carbonyl (C=O) groups excluding carboxylic acids is 1. The number of nitrogens with one attached hydrogen (secondary N) is 1. The summed E-state index contributed by atoms with van der Waals surface area (Å²) in [5.74, 6) is 0.916. The van der Waals surface area contributed by atoms with Crippen molar-refractivity contribution in [2.24, 2.45) is 5.73 Å². The van der Waals surface area contributed by atoms with E-state index in [1.807, 2.05) is 13.8 Å². The molecule has 0 saturated heterocycles. The molecule has 0 aromatic heterocycles. The molecule has 0 heterocycles. The number of benzene rings is 1. The fraction of sp³-hybridized carbons (Fsp3) is 0.385. The SMILES string of the molecule is CCOc1ccc(C(=O)NCC(N)=S)cc1OCC. The van der Waals surface area contributed by atoms with E-state index in [0.29, 0.717) is 30.3 Å². The third-order valence-corrected chi connectivity index (χ3v) is 2.37. The van der Waals surface area contributed by atoms with Crippen LogP contribution in [0.2, 0.25) is 0 Å². The first-order valence-electron chi connectivity index (χ1n) is 6.04. The number of hydrogen-bond acceptors (Lipinski definition) is 4. The summed E-state index contributed by atoms with van der Waals surface area (Å²) in [5.41, 5.74) is 5.81. The summed E-state index contributed by atoms with van der Waals surface area (Å²) in [6.45, 7) is 4.96. The molecule has 5 nitrogen and oxygen atoms in total. The maximum absolute atomic E-state index is 11.9. The molecule has 0 fully saturated rings. The Bertz CT molecular complexity index is 463. The van der Waals surface area contributed by atoms with Crippen LogP contribution in [-0.4, -0.2) is 30.7 Å². The van der Waals surface area contributed by atoms with Gasteiger partial charge in [0.05, 0.1) is 24.7 Å². The third kappa shape index (κ3) is 4.75. The molecule has 1 rings (SSSR count). The number of amides is 1. The van der Waals surface area contributed by atoms with Crippen LogP contribution in [0.25, 0.3) is 0 Å². The van der Waals surface area contributed by atoms with Gasteiger partial charge >= 0.3 is 0 Å². The van der Waals surface area contributed by atoms with E-state index in [2.05, 4.69) is 5.32 Å². The first-order chi connectivity index (χ1) is 9.08. The van der Waals surface area contributed by atoms with Gasteiger partial charge in [-0.05, 0) is 32.0 Å². The fourth-order valence-electron chi connectivity index (χ4n) is 1.46. The van der Waals surface area contributed by atoms with Gasteiger partial charge in [0, 0.05) is 5.56 Å². The predicted molar refractivity (Wildman–Crippen MR) is 77.9 cm³/mol. The Kier molecular flexibility index (Phi) is 6.08. The molecule has 6 heteroatoms. The molecule has 0 saturated carbocycles. The fourth-order valence-corrected chi connectivity index (χ4v) is 1.53. The average Bonchev–Trinajstić information content (AvgIpc) is 2.38. The van der Waals surface area contributed by atoms with Crippen LogP contribution in [0.15, 0.2) is 18.2 Å². The zero-order valence-electron chi connectivity index (χ0n) is 11.1. The summed E-state index contributed by atoms with van der Waals surface area (Å²) in [5, 5.41) is 2.62. The van der Waals surface area contributed by atoms with Gasteiger partial charge in [0.15, 0.2) is 11.5 Å². The first-order valence-corrected chi connectivity index (χ1v) is 6.45. The van der Waals surface area contributed by atoms with Crippen LogP contribution < -0.4 is 20.5 Å². The molecule has 0 aliphatic heterocycles. The Morgan fingerprint density at radius 2 is 1.89 bits per heavy atom. The Labute approximate surface area is 118 Å². The summed E-state index contributed by atoms with van der Waals surface area (Å²) in [6, 6.07) is 5.02. The zero-order valence-corrected chi connectivity index (χ0v) is 11.9. The molecular weight excluding hydrogens is 264 g/mol. The topological polar surface area (TPSA) is 73.6 Å². The maximum atomic E-state index is 11.9. The van der Waals surface area contributed by atoms with E-state index in [0.717, 1.165) is 0 Å². The maximum Gasteiger partial charge on any atom is 0.251 e. The van der Waals surface area contributed by atoms with E-state index in [-0.39, 0.29) is 17.4 Å².